The lowest BCUT2D eigenvalue weighted by Crippen LogP contribution is -2.60. The van der Waals surface area contributed by atoms with Crippen LogP contribution in [0.1, 0.15) is 38.4 Å². The van der Waals surface area contributed by atoms with Gasteiger partial charge in [0, 0.05) is 12.7 Å². The van der Waals surface area contributed by atoms with Crippen LogP contribution in [0.5, 0.6) is 0 Å². The third-order valence-electron chi connectivity index (χ3n) is 5.33. The number of ether oxygens (including phenoxy) is 3. The summed E-state index contributed by atoms with van der Waals surface area (Å²) in [5.41, 5.74) is -0.195. The molecule has 7 heteroatoms. The Labute approximate surface area is 183 Å². The highest BCUT2D eigenvalue weighted by atomic mass is 16.6. The minimum Gasteiger partial charge on any atom is -0.468 e. The fourth-order valence-corrected chi connectivity index (χ4v) is 3.82. The molecule has 1 amide bonds. The molecule has 166 valence electrons. The first-order valence-corrected chi connectivity index (χ1v) is 10.4. The molecule has 7 nitrogen and oxygen atoms in total. The largest absolute Gasteiger partial charge is 0.468 e. The minimum atomic E-state index is -1.12. The van der Waals surface area contributed by atoms with E-state index in [4.69, 9.17) is 14.2 Å². The van der Waals surface area contributed by atoms with Crippen LogP contribution in [0.15, 0.2) is 54.7 Å². The van der Waals surface area contributed by atoms with Gasteiger partial charge in [-0.25, -0.2) is 4.79 Å². The standard InChI is InChI=1S/C24H30N2O5/c1-23(2,3)31-22(28)26-15-13-24(21(27)29-4,19-12-8-9-14-25-19)20(16-26)30-17-18-10-6-5-7-11-18/h5-12,14,20H,13,15-17H2,1-4H3/t20-,24-/m1/s1. The van der Waals surface area contributed by atoms with Crippen LogP contribution < -0.4 is 0 Å². The molecule has 1 fully saturated rings. The van der Waals surface area contributed by atoms with Crippen molar-refractivity contribution in [2.45, 2.75) is 50.9 Å². The van der Waals surface area contributed by atoms with Crippen LogP contribution in [-0.2, 0) is 31.0 Å². The van der Waals surface area contributed by atoms with E-state index in [0.29, 0.717) is 25.3 Å². The van der Waals surface area contributed by atoms with Crippen molar-refractivity contribution in [1.82, 2.24) is 9.88 Å². The van der Waals surface area contributed by atoms with Crippen LogP contribution in [-0.4, -0.2) is 53.9 Å². The van der Waals surface area contributed by atoms with Gasteiger partial charge in [0.25, 0.3) is 0 Å². The molecular formula is C24H30N2O5. The number of hydrogen-bond donors (Lipinski definition) is 0. The molecular weight excluding hydrogens is 396 g/mol. The van der Waals surface area contributed by atoms with Gasteiger partial charge in [-0.1, -0.05) is 36.4 Å². The summed E-state index contributed by atoms with van der Waals surface area (Å²) in [6, 6.07) is 15.1. The predicted octanol–water partition coefficient (Wildman–Crippen LogP) is 3.72. The number of nitrogens with zero attached hydrogens (tertiary/aromatic N) is 2. The number of pyridine rings is 1. The van der Waals surface area contributed by atoms with Crippen LogP contribution in [0.2, 0.25) is 0 Å². The number of rotatable bonds is 5. The van der Waals surface area contributed by atoms with E-state index in [1.54, 1.807) is 23.2 Å². The highest BCUT2D eigenvalue weighted by Gasteiger charge is 2.54. The number of carbonyl (C=O) groups excluding carboxylic acids is 2. The van der Waals surface area contributed by atoms with Crippen molar-refractivity contribution in [3.05, 3.63) is 66.0 Å². The van der Waals surface area contributed by atoms with Gasteiger partial charge < -0.3 is 19.1 Å². The van der Waals surface area contributed by atoms with Crippen molar-refractivity contribution in [2.75, 3.05) is 20.2 Å². The van der Waals surface area contributed by atoms with E-state index < -0.39 is 29.2 Å². The zero-order valence-corrected chi connectivity index (χ0v) is 18.5. The molecule has 2 atom stereocenters. The third kappa shape index (κ3) is 5.22. The van der Waals surface area contributed by atoms with E-state index in [-0.39, 0.29) is 6.54 Å². The summed E-state index contributed by atoms with van der Waals surface area (Å²) < 4.78 is 17.0. The maximum absolute atomic E-state index is 13.1. The van der Waals surface area contributed by atoms with Crippen LogP contribution in [0.4, 0.5) is 4.79 Å². The van der Waals surface area contributed by atoms with Crippen molar-refractivity contribution in [1.29, 1.82) is 0 Å². The monoisotopic (exact) mass is 426 g/mol. The Morgan fingerprint density at radius 3 is 2.45 bits per heavy atom. The van der Waals surface area contributed by atoms with Crippen LogP contribution >= 0.6 is 0 Å². The Hall–Kier alpha value is -2.93. The predicted molar refractivity (Wildman–Crippen MR) is 115 cm³/mol. The van der Waals surface area contributed by atoms with Gasteiger partial charge >= 0.3 is 12.1 Å². The van der Waals surface area contributed by atoms with E-state index in [9.17, 15) is 9.59 Å². The lowest BCUT2D eigenvalue weighted by Gasteiger charge is -2.45. The van der Waals surface area contributed by atoms with E-state index in [2.05, 4.69) is 4.98 Å². The fraction of sp³-hybridized carbons (Fsp3) is 0.458. The summed E-state index contributed by atoms with van der Waals surface area (Å²) in [6.45, 7) is 6.28. The number of hydrogen-bond acceptors (Lipinski definition) is 6. The van der Waals surface area contributed by atoms with Crippen molar-refractivity contribution in [2.24, 2.45) is 0 Å². The molecule has 2 heterocycles. The SMILES string of the molecule is COC(=O)[C@@]1(c2ccccn2)CCN(C(=O)OC(C)(C)C)C[C@H]1OCc1ccccc1. The molecule has 0 spiro atoms. The average Bonchev–Trinajstić information content (AvgIpc) is 2.77. The van der Waals surface area contributed by atoms with Crippen LogP contribution in [0.25, 0.3) is 0 Å². The second kappa shape index (κ2) is 9.47. The number of piperidine rings is 1. The first-order valence-electron chi connectivity index (χ1n) is 10.4. The molecule has 0 N–H and O–H groups in total. The normalized spacial score (nSPS) is 21.4. The number of carbonyl (C=O) groups is 2. The Morgan fingerprint density at radius 2 is 1.84 bits per heavy atom. The number of esters is 1. The molecule has 1 aromatic heterocycles. The molecule has 1 aliphatic heterocycles. The van der Waals surface area contributed by atoms with Gasteiger partial charge in [0.2, 0.25) is 0 Å². The van der Waals surface area contributed by atoms with Crippen LogP contribution in [0.3, 0.4) is 0 Å². The molecule has 0 aliphatic carbocycles. The Morgan fingerprint density at radius 1 is 1.13 bits per heavy atom. The van der Waals surface area contributed by atoms with Gasteiger partial charge in [0.05, 0.1) is 32.1 Å². The Kier molecular flexibility index (Phi) is 6.95. The Bertz CT molecular complexity index is 882. The maximum atomic E-state index is 13.1. The minimum absolute atomic E-state index is 0.188. The summed E-state index contributed by atoms with van der Waals surface area (Å²) in [7, 11) is 1.36. The van der Waals surface area contributed by atoms with Crippen LogP contribution in [0, 0.1) is 0 Å². The molecule has 0 unspecified atom stereocenters. The molecule has 0 radical (unpaired) electrons. The van der Waals surface area contributed by atoms with Gasteiger partial charge in [0.1, 0.15) is 11.0 Å². The van der Waals surface area contributed by atoms with Crippen molar-refractivity contribution >= 4 is 12.1 Å². The molecule has 1 saturated heterocycles. The van der Waals surface area contributed by atoms with Gasteiger partial charge in [-0.2, -0.15) is 0 Å². The second-order valence-corrected chi connectivity index (χ2v) is 8.64. The van der Waals surface area contributed by atoms with E-state index in [1.165, 1.54) is 7.11 Å². The third-order valence-corrected chi connectivity index (χ3v) is 5.33. The highest BCUT2D eigenvalue weighted by molar-refractivity contribution is 5.84. The van der Waals surface area contributed by atoms with Gasteiger partial charge in [-0.15, -0.1) is 0 Å². The number of aromatic nitrogens is 1. The lowest BCUT2D eigenvalue weighted by atomic mass is 9.73. The van der Waals surface area contributed by atoms with Crippen molar-refractivity contribution < 1.29 is 23.8 Å². The number of benzene rings is 1. The number of amides is 1. The molecule has 31 heavy (non-hydrogen) atoms. The second-order valence-electron chi connectivity index (χ2n) is 8.64. The van der Waals surface area contributed by atoms with E-state index in [0.717, 1.165) is 5.56 Å². The highest BCUT2D eigenvalue weighted by Crippen LogP contribution is 2.38. The number of methoxy groups -OCH3 is 1. The van der Waals surface area contributed by atoms with E-state index >= 15 is 0 Å². The summed E-state index contributed by atoms with van der Waals surface area (Å²) in [6.07, 6.45) is 0.876. The van der Waals surface area contributed by atoms with E-state index in [1.807, 2.05) is 57.2 Å². The number of likely N-dealkylation sites (tertiary alicyclic amines) is 1. The smallest absolute Gasteiger partial charge is 0.410 e. The molecule has 1 aromatic carbocycles. The summed E-state index contributed by atoms with van der Waals surface area (Å²) in [5, 5.41) is 0. The van der Waals surface area contributed by atoms with Crippen molar-refractivity contribution in [3.63, 3.8) is 0 Å². The zero-order valence-electron chi connectivity index (χ0n) is 18.5. The molecule has 1 aliphatic rings. The molecule has 0 saturated carbocycles. The first kappa shape index (κ1) is 22.7. The summed E-state index contributed by atoms with van der Waals surface area (Å²) >= 11 is 0. The fourth-order valence-electron chi connectivity index (χ4n) is 3.82. The molecule has 0 bridgehead atoms. The molecule has 2 aromatic rings. The first-order chi connectivity index (χ1) is 14.8. The van der Waals surface area contributed by atoms with Gasteiger partial charge in [-0.05, 0) is 44.9 Å². The van der Waals surface area contributed by atoms with Gasteiger partial charge in [-0.3, -0.25) is 9.78 Å². The van der Waals surface area contributed by atoms with Gasteiger partial charge in [0.15, 0.2) is 0 Å². The average molecular weight is 427 g/mol. The Balaban J connectivity index is 1.94. The summed E-state index contributed by atoms with van der Waals surface area (Å²) in [4.78, 5) is 31.9. The quantitative estimate of drug-likeness (QED) is 0.678. The zero-order chi connectivity index (χ0) is 22.5. The summed E-state index contributed by atoms with van der Waals surface area (Å²) in [5.74, 6) is -0.423. The molecule has 3 rings (SSSR count). The van der Waals surface area contributed by atoms with Crippen molar-refractivity contribution in [3.8, 4) is 0 Å². The lowest BCUT2D eigenvalue weighted by molar-refractivity contribution is -0.161. The maximum Gasteiger partial charge on any atom is 0.410 e. The topological polar surface area (TPSA) is 78.0 Å².